The zero-order chi connectivity index (χ0) is 18.0. The summed E-state index contributed by atoms with van der Waals surface area (Å²) < 4.78 is 0.935. The molecule has 7 heteroatoms. The Balaban J connectivity index is 2.13. The number of halogens is 1. The van der Waals surface area contributed by atoms with Gasteiger partial charge in [0.25, 0.3) is 11.1 Å². The molecular formula is C18H15BrN4O2. The SMILES string of the molecule is C=C(C)c1[nH]cnc1/C=c1\[nH]c(=O)/c(=C/c2ccc(Br)cc2)[nH]c1=O. The Kier molecular flexibility index (Phi) is 4.67. The minimum absolute atomic E-state index is 0.132. The largest absolute Gasteiger partial charge is 0.344 e. The Morgan fingerprint density at radius 2 is 1.68 bits per heavy atom. The van der Waals surface area contributed by atoms with Crippen LogP contribution in [0.25, 0.3) is 17.7 Å². The molecule has 25 heavy (non-hydrogen) atoms. The summed E-state index contributed by atoms with van der Waals surface area (Å²) in [7, 11) is 0. The van der Waals surface area contributed by atoms with Gasteiger partial charge < -0.3 is 15.0 Å². The van der Waals surface area contributed by atoms with Gasteiger partial charge in [0.1, 0.15) is 10.7 Å². The van der Waals surface area contributed by atoms with Gasteiger partial charge in [-0.25, -0.2) is 4.98 Å². The summed E-state index contributed by atoms with van der Waals surface area (Å²) in [5.74, 6) is 0. The van der Waals surface area contributed by atoms with Crippen LogP contribution in [0.3, 0.4) is 0 Å². The third kappa shape index (κ3) is 3.77. The number of aromatic amines is 3. The third-order valence-corrected chi connectivity index (χ3v) is 4.07. The van der Waals surface area contributed by atoms with Crippen molar-refractivity contribution in [3.8, 4) is 0 Å². The van der Waals surface area contributed by atoms with Crippen molar-refractivity contribution in [2.45, 2.75) is 6.92 Å². The van der Waals surface area contributed by atoms with Crippen LogP contribution >= 0.6 is 15.9 Å². The zero-order valence-electron chi connectivity index (χ0n) is 13.4. The molecule has 2 aromatic heterocycles. The Morgan fingerprint density at radius 1 is 1.08 bits per heavy atom. The Hall–Kier alpha value is -2.93. The van der Waals surface area contributed by atoms with Crippen LogP contribution in [0.1, 0.15) is 23.9 Å². The summed E-state index contributed by atoms with van der Waals surface area (Å²) in [5, 5.41) is 0.319. The smallest absolute Gasteiger partial charge is 0.272 e. The lowest BCUT2D eigenvalue weighted by Gasteiger charge is -1.96. The topological polar surface area (TPSA) is 94.4 Å². The molecule has 0 aliphatic carbocycles. The van der Waals surface area contributed by atoms with Crippen LogP contribution in [-0.4, -0.2) is 19.9 Å². The number of imidazole rings is 1. The highest BCUT2D eigenvalue weighted by atomic mass is 79.9. The summed E-state index contributed by atoms with van der Waals surface area (Å²) in [4.78, 5) is 36.9. The van der Waals surface area contributed by atoms with Crippen LogP contribution in [0.5, 0.6) is 0 Å². The molecule has 3 N–H and O–H groups in total. The minimum Gasteiger partial charge on any atom is -0.344 e. The Labute approximate surface area is 150 Å². The Bertz CT molecular complexity index is 1170. The molecule has 0 fully saturated rings. The predicted molar refractivity (Wildman–Crippen MR) is 102 cm³/mol. The van der Waals surface area contributed by atoms with Gasteiger partial charge in [-0.15, -0.1) is 0 Å². The van der Waals surface area contributed by atoms with Crippen LogP contribution in [0, 0.1) is 0 Å². The molecule has 3 aromatic rings. The molecule has 0 radical (unpaired) electrons. The molecule has 0 atom stereocenters. The standard InChI is InChI=1S/C18H15BrN4O2/c1-10(2)16-13(20-9-21-16)8-15-18(25)22-14(17(24)23-15)7-11-3-5-12(19)6-4-11/h3-9H,1H2,2H3,(H,20,21)(H,22,25)(H,23,24)/b14-7-,15-8-. The number of benzene rings is 1. The molecular weight excluding hydrogens is 384 g/mol. The van der Waals surface area contributed by atoms with Crippen molar-refractivity contribution in [1.82, 2.24) is 19.9 Å². The van der Waals surface area contributed by atoms with E-state index in [4.69, 9.17) is 0 Å². The quantitative estimate of drug-likeness (QED) is 0.619. The summed E-state index contributed by atoms with van der Waals surface area (Å²) in [6.45, 7) is 5.68. The second kappa shape index (κ2) is 6.90. The van der Waals surface area contributed by atoms with Crippen molar-refractivity contribution in [3.05, 3.63) is 90.0 Å². The van der Waals surface area contributed by atoms with E-state index in [2.05, 4.69) is 42.4 Å². The van der Waals surface area contributed by atoms with E-state index in [0.717, 1.165) is 15.6 Å². The minimum atomic E-state index is -0.404. The maximum absolute atomic E-state index is 12.3. The number of hydrogen-bond donors (Lipinski definition) is 3. The number of nitrogens with zero attached hydrogens (tertiary/aromatic N) is 1. The van der Waals surface area contributed by atoms with E-state index < -0.39 is 5.56 Å². The van der Waals surface area contributed by atoms with Crippen LogP contribution in [-0.2, 0) is 0 Å². The number of nitrogens with one attached hydrogen (secondary N) is 3. The summed E-state index contributed by atoms with van der Waals surface area (Å²) in [6.07, 6.45) is 4.65. The molecule has 0 aliphatic rings. The molecule has 2 heterocycles. The molecule has 6 nitrogen and oxygen atoms in total. The lowest BCUT2D eigenvalue weighted by molar-refractivity contribution is 1.00. The highest BCUT2D eigenvalue weighted by Crippen LogP contribution is 2.12. The molecule has 0 amide bonds. The molecule has 0 unspecified atom stereocenters. The summed E-state index contributed by atoms with van der Waals surface area (Å²) >= 11 is 3.35. The highest BCUT2D eigenvalue weighted by molar-refractivity contribution is 9.10. The van der Waals surface area contributed by atoms with Crippen LogP contribution in [0.2, 0.25) is 0 Å². The second-order valence-electron chi connectivity index (χ2n) is 5.52. The predicted octanol–water partition coefficient (Wildman–Crippen LogP) is 1.24. The fourth-order valence-electron chi connectivity index (χ4n) is 2.31. The zero-order valence-corrected chi connectivity index (χ0v) is 15.0. The number of allylic oxidation sites excluding steroid dienone is 1. The molecule has 126 valence electrons. The second-order valence-corrected chi connectivity index (χ2v) is 6.43. The van der Waals surface area contributed by atoms with E-state index in [1.54, 1.807) is 6.08 Å². The van der Waals surface area contributed by atoms with Gasteiger partial charge in [0.15, 0.2) is 0 Å². The maximum atomic E-state index is 12.3. The molecule has 0 aliphatic heterocycles. The monoisotopic (exact) mass is 398 g/mol. The van der Waals surface area contributed by atoms with Gasteiger partial charge in [0.05, 0.1) is 17.7 Å². The normalized spacial score (nSPS) is 12.6. The van der Waals surface area contributed by atoms with E-state index in [1.165, 1.54) is 12.4 Å². The number of hydrogen-bond acceptors (Lipinski definition) is 3. The number of aromatic nitrogens is 4. The van der Waals surface area contributed by atoms with E-state index in [1.807, 2.05) is 31.2 Å². The highest BCUT2D eigenvalue weighted by Gasteiger charge is 2.04. The molecule has 0 spiro atoms. The van der Waals surface area contributed by atoms with Crippen molar-refractivity contribution in [3.63, 3.8) is 0 Å². The molecule has 3 rings (SSSR count). The molecule has 0 saturated carbocycles. The van der Waals surface area contributed by atoms with Gasteiger partial charge in [-0.2, -0.15) is 0 Å². The van der Waals surface area contributed by atoms with E-state index in [-0.39, 0.29) is 16.3 Å². The van der Waals surface area contributed by atoms with Crippen molar-refractivity contribution < 1.29 is 0 Å². The van der Waals surface area contributed by atoms with Crippen LogP contribution in [0.4, 0.5) is 0 Å². The number of rotatable bonds is 3. The average Bonchev–Trinajstić information content (AvgIpc) is 3.03. The third-order valence-electron chi connectivity index (χ3n) is 3.54. The molecule has 1 aromatic carbocycles. The number of H-pyrrole nitrogens is 3. The van der Waals surface area contributed by atoms with Gasteiger partial charge in [0, 0.05) is 4.47 Å². The first kappa shape index (κ1) is 16.9. The first-order valence-corrected chi connectivity index (χ1v) is 8.24. The van der Waals surface area contributed by atoms with E-state index in [0.29, 0.717) is 11.4 Å². The van der Waals surface area contributed by atoms with Crippen molar-refractivity contribution in [2.75, 3.05) is 0 Å². The molecule has 0 bridgehead atoms. The van der Waals surface area contributed by atoms with Gasteiger partial charge >= 0.3 is 0 Å². The first-order valence-electron chi connectivity index (χ1n) is 7.45. The lowest BCUT2D eigenvalue weighted by atomic mass is 10.2. The fraction of sp³-hybridized carbons (Fsp3) is 0.0556. The first-order chi connectivity index (χ1) is 11.9. The average molecular weight is 399 g/mol. The van der Waals surface area contributed by atoms with Crippen LogP contribution < -0.4 is 21.8 Å². The summed E-state index contributed by atoms with van der Waals surface area (Å²) in [5.41, 5.74) is 2.05. The van der Waals surface area contributed by atoms with Crippen LogP contribution in [0.15, 0.2) is 51.2 Å². The van der Waals surface area contributed by atoms with Gasteiger partial charge in [-0.1, -0.05) is 34.6 Å². The van der Waals surface area contributed by atoms with Crippen molar-refractivity contribution in [1.29, 1.82) is 0 Å². The fourth-order valence-corrected chi connectivity index (χ4v) is 2.58. The van der Waals surface area contributed by atoms with Crippen molar-refractivity contribution in [2.24, 2.45) is 0 Å². The Morgan fingerprint density at radius 3 is 2.28 bits per heavy atom. The van der Waals surface area contributed by atoms with Crippen molar-refractivity contribution >= 4 is 33.7 Å². The van der Waals surface area contributed by atoms with Gasteiger partial charge in [-0.3, -0.25) is 9.59 Å². The summed E-state index contributed by atoms with van der Waals surface area (Å²) in [6, 6.07) is 7.39. The molecule has 0 saturated heterocycles. The van der Waals surface area contributed by atoms with E-state index >= 15 is 0 Å². The van der Waals surface area contributed by atoms with E-state index in [9.17, 15) is 9.59 Å². The van der Waals surface area contributed by atoms with Gasteiger partial charge in [0.2, 0.25) is 0 Å². The lowest BCUT2D eigenvalue weighted by Crippen LogP contribution is -2.46. The van der Waals surface area contributed by atoms with Gasteiger partial charge in [-0.05, 0) is 42.3 Å². The maximum Gasteiger partial charge on any atom is 0.272 e.